The van der Waals surface area contributed by atoms with Gasteiger partial charge in [0.1, 0.15) is 0 Å². The zero-order valence-electron chi connectivity index (χ0n) is 14.0. The molecule has 0 radical (unpaired) electrons. The zero-order chi connectivity index (χ0) is 16.9. The molecule has 1 atom stereocenters. The van der Waals surface area contributed by atoms with Crippen molar-refractivity contribution in [3.8, 4) is 11.1 Å². The molecule has 0 saturated carbocycles. The highest BCUT2D eigenvalue weighted by atomic mass is 16.2. The molecular formula is C22H21NO. The first-order chi connectivity index (χ1) is 11.7. The fourth-order valence-corrected chi connectivity index (χ4v) is 2.88. The van der Waals surface area contributed by atoms with Crippen molar-refractivity contribution >= 4 is 5.91 Å². The van der Waals surface area contributed by atoms with Crippen LogP contribution in [-0.2, 0) is 4.79 Å². The van der Waals surface area contributed by atoms with E-state index in [-0.39, 0.29) is 11.8 Å². The quantitative estimate of drug-likeness (QED) is 0.690. The topological polar surface area (TPSA) is 20.3 Å². The molecule has 2 nitrogen and oxygen atoms in total. The van der Waals surface area contributed by atoms with E-state index in [2.05, 4.69) is 36.4 Å². The van der Waals surface area contributed by atoms with Crippen molar-refractivity contribution in [2.45, 2.75) is 5.92 Å². The number of likely N-dealkylation sites (N-methyl/N-ethyl adjacent to an activating group) is 1. The van der Waals surface area contributed by atoms with Gasteiger partial charge in [0.2, 0.25) is 5.91 Å². The lowest BCUT2D eigenvalue weighted by molar-refractivity contribution is -0.129. The number of carbonyl (C=O) groups is 1. The van der Waals surface area contributed by atoms with Crippen LogP contribution in [0.5, 0.6) is 0 Å². The van der Waals surface area contributed by atoms with E-state index in [4.69, 9.17) is 0 Å². The van der Waals surface area contributed by atoms with E-state index in [1.807, 2.05) is 48.5 Å². The summed E-state index contributed by atoms with van der Waals surface area (Å²) in [6.45, 7) is 0. The van der Waals surface area contributed by atoms with Crippen LogP contribution >= 0.6 is 0 Å². The van der Waals surface area contributed by atoms with E-state index < -0.39 is 0 Å². The summed E-state index contributed by atoms with van der Waals surface area (Å²) < 4.78 is 0. The van der Waals surface area contributed by atoms with Crippen molar-refractivity contribution in [3.05, 3.63) is 96.1 Å². The molecule has 0 fully saturated rings. The molecule has 1 amide bonds. The lowest BCUT2D eigenvalue weighted by Gasteiger charge is -2.21. The molecule has 120 valence electrons. The van der Waals surface area contributed by atoms with Crippen LogP contribution in [0.25, 0.3) is 11.1 Å². The molecule has 3 aromatic carbocycles. The minimum atomic E-state index is -0.272. The third kappa shape index (κ3) is 3.38. The predicted octanol–water partition coefficient (Wildman–Crippen LogP) is 4.57. The molecule has 1 unspecified atom stereocenters. The molecule has 2 heteroatoms. The average molecular weight is 315 g/mol. The zero-order valence-corrected chi connectivity index (χ0v) is 14.0. The van der Waals surface area contributed by atoms with Crippen LogP contribution in [0.2, 0.25) is 0 Å². The minimum Gasteiger partial charge on any atom is -0.348 e. The highest BCUT2D eigenvalue weighted by molar-refractivity contribution is 5.87. The van der Waals surface area contributed by atoms with Gasteiger partial charge in [0.15, 0.2) is 0 Å². The van der Waals surface area contributed by atoms with Crippen molar-refractivity contribution < 1.29 is 4.79 Å². The fourth-order valence-electron chi connectivity index (χ4n) is 2.88. The second-order valence-electron chi connectivity index (χ2n) is 6.06. The van der Waals surface area contributed by atoms with Crippen molar-refractivity contribution in [3.63, 3.8) is 0 Å². The van der Waals surface area contributed by atoms with Gasteiger partial charge in [0.05, 0.1) is 5.92 Å². The summed E-state index contributed by atoms with van der Waals surface area (Å²) in [5.41, 5.74) is 4.37. The summed E-state index contributed by atoms with van der Waals surface area (Å²) in [6, 6.07) is 28.5. The third-order valence-corrected chi connectivity index (χ3v) is 4.17. The maximum Gasteiger partial charge on any atom is 0.234 e. The summed E-state index contributed by atoms with van der Waals surface area (Å²) in [7, 11) is 3.60. The first kappa shape index (κ1) is 16.0. The lowest BCUT2D eigenvalue weighted by atomic mass is 9.89. The van der Waals surface area contributed by atoms with Crippen LogP contribution in [0.4, 0.5) is 0 Å². The van der Waals surface area contributed by atoms with E-state index in [0.717, 1.165) is 16.7 Å². The monoisotopic (exact) mass is 315 g/mol. The first-order valence-electron chi connectivity index (χ1n) is 8.08. The van der Waals surface area contributed by atoms with Gasteiger partial charge in [0, 0.05) is 14.1 Å². The maximum atomic E-state index is 12.7. The standard InChI is InChI=1S/C22H21NO/c1-23(2)22(24)21(19-11-7-4-8-12-19)20-15-13-18(14-16-20)17-9-5-3-6-10-17/h3-16,21H,1-2H3. The Bertz CT molecular complexity index is 792. The molecule has 0 saturated heterocycles. The van der Waals surface area contributed by atoms with E-state index in [9.17, 15) is 4.79 Å². The second kappa shape index (κ2) is 7.14. The van der Waals surface area contributed by atoms with Gasteiger partial charge >= 0.3 is 0 Å². The van der Waals surface area contributed by atoms with Crippen molar-refractivity contribution in [1.29, 1.82) is 0 Å². The second-order valence-corrected chi connectivity index (χ2v) is 6.06. The molecule has 0 aliphatic heterocycles. The molecule has 0 spiro atoms. The minimum absolute atomic E-state index is 0.0914. The van der Waals surface area contributed by atoms with Crippen LogP contribution in [0.3, 0.4) is 0 Å². The molecular weight excluding hydrogens is 294 g/mol. The summed E-state index contributed by atoms with van der Waals surface area (Å²) in [4.78, 5) is 14.4. The molecule has 0 bridgehead atoms. The van der Waals surface area contributed by atoms with Gasteiger partial charge in [-0.1, -0.05) is 84.9 Å². The smallest absolute Gasteiger partial charge is 0.234 e. The summed E-state index contributed by atoms with van der Waals surface area (Å²) in [6.07, 6.45) is 0. The van der Waals surface area contributed by atoms with Crippen LogP contribution in [0.15, 0.2) is 84.9 Å². The Hall–Kier alpha value is -2.87. The van der Waals surface area contributed by atoms with E-state index in [0.29, 0.717) is 0 Å². The molecule has 3 rings (SSSR count). The molecule has 24 heavy (non-hydrogen) atoms. The third-order valence-electron chi connectivity index (χ3n) is 4.17. The summed E-state index contributed by atoms with van der Waals surface area (Å²) in [5.74, 6) is -0.181. The first-order valence-corrected chi connectivity index (χ1v) is 8.08. The highest BCUT2D eigenvalue weighted by Gasteiger charge is 2.24. The lowest BCUT2D eigenvalue weighted by Crippen LogP contribution is -2.28. The van der Waals surface area contributed by atoms with Crippen molar-refractivity contribution in [1.82, 2.24) is 4.90 Å². The average Bonchev–Trinajstić information content (AvgIpc) is 2.64. The Morgan fingerprint density at radius 2 is 1.12 bits per heavy atom. The van der Waals surface area contributed by atoms with Gasteiger partial charge in [-0.2, -0.15) is 0 Å². The SMILES string of the molecule is CN(C)C(=O)C(c1ccccc1)c1ccc(-c2ccccc2)cc1. The number of amides is 1. The van der Waals surface area contributed by atoms with E-state index in [1.54, 1.807) is 19.0 Å². The maximum absolute atomic E-state index is 12.7. The van der Waals surface area contributed by atoms with Gasteiger partial charge in [-0.15, -0.1) is 0 Å². The number of hydrogen-bond acceptors (Lipinski definition) is 1. The molecule has 3 aromatic rings. The summed E-state index contributed by atoms with van der Waals surface area (Å²) >= 11 is 0. The molecule has 0 aliphatic rings. The van der Waals surface area contributed by atoms with E-state index in [1.165, 1.54) is 5.56 Å². The number of hydrogen-bond donors (Lipinski definition) is 0. The highest BCUT2D eigenvalue weighted by Crippen LogP contribution is 2.28. The molecule has 0 N–H and O–H groups in total. The Morgan fingerprint density at radius 3 is 1.67 bits per heavy atom. The number of nitrogens with zero attached hydrogens (tertiary/aromatic N) is 1. The van der Waals surface area contributed by atoms with Crippen LogP contribution in [0, 0.1) is 0 Å². The number of carbonyl (C=O) groups excluding carboxylic acids is 1. The summed E-state index contributed by atoms with van der Waals surface area (Å²) in [5, 5.41) is 0. The largest absolute Gasteiger partial charge is 0.348 e. The fraction of sp³-hybridized carbons (Fsp3) is 0.136. The van der Waals surface area contributed by atoms with Gasteiger partial charge in [0.25, 0.3) is 0 Å². The number of benzene rings is 3. The number of rotatable bonds is 4. The molecule has 0 aliphatic carbocycles. The van der Waals surface area contributed by atoms with Crippen LogP contribution in [-0.4, -0.2) is 24.9 Å². The van der Waals surface area contributed by atoms with Gasteiger partial charge in [-0.3, -0.25) is 4.79 Å². The Labute approximate surface area is 143 Å². The van der Waals surface area contributed by atoms with Gasteiger partial charge < -0.3 is 4.90 Å². The molecule has 0 aromatic heterocycles. The van der Waals surface area contributed by atoms with Crippen molar-refractivity contribution in [2.24, 2.45) is 0 Å². The van der Waals surface area contributed by atoms with E-state index >= 15 is 0 Å². The van der Waals surface area contributed by atoms with Crippen LogP contribution < -0.4 is 0 Å². The Morgan fingerprint density at radius 1 is 0.667 bits per heavy atom. The normalized spacial score (nSPS) is 11.8. The predicted molar refractivity (Wildman–Crippen MR) is 98.9 cm³/mol. The van der Waals surface area contributed by atoms with Gasteiger partial charge in [-0.25, -0.2) is 0 Å². The van der Waals surface area contributed by atoms with Gasteiger partial charge in [-0.05, 0) is 22.3 Å². The van der Waals surface area contributed by atoms with Crippen molar-refractivity contribution in [2.75, 3.05) is 14.1 Å². The Balaban J connectivity index is 1.98. The van der Waals surface area contributed by atoms with Crippen LogP contribution in [0.1, 0.15) is 17.0 Å². The Kier molecular flexibility index (Phi) is 4.76. The molecule has 0 heterocycles.